The summed E-state index contributed by atoms with van der Waals surface area (Å²) in [6, 6.07) is 1.39. The Hall–Kier alpha value is -2.18. The summed E-state index contributed by atoms with van der Waals surface area (Å²) in [4.78, 5) is 24.4. The number of anilines is 1. The zero-order chi connectivity index (χ0) is 12.1. The van der Waals surface area contributed by atoms with Crippen LogP contribution >= 0.6 is 0 Å². The number of pyridine rings is 1. The minimum Gasteiger partial charge on any atom is -0.478 e. The highest BCUT2D eigenvalue weighted by molar-refractivity contribution is 5.87. The summed E-state index contributed by atoms with van der Waals surface area (Å²) in [6.07, 6.45) is 1.36. The van der Waals surface area contributed by atoms with E-state index in [0.29, 0.717) is 11.4 Å². The molecule has 0 bridgehead atoms. The van der Waals surface area contributed by atoms with Crippen molar-refractivity contribution in [2.75, 3.05) is 18.9 Å². The van der Waals surface area contributed by atoms with Crippen LogP contribution in [0.15, 0.2) is 12.3 Å². The van der Waals surface area contributed by atoms with Crippen LogP contribution in [0, 0.1) is 10.1 Å². The fourth-order valence-corrected chi connectivity index (χ4v) is 1.25. The molecule has 0 saturated carbocycles. The van der Waals surface area contributed by atoms with Gasteiger partial charge in [0.15, 0.2) is 0 Å². The lowest BCUT2D eigenvalue weighted by atomic mass is 10.1. The number of aromatic nitrogens is 1. The van der Waals surface area contributed by atoms with Crippen molar-refractivity contribution in [3.63, 3.8) is 0 Å². The molecule has 0 saturated heterocycles. The van der Waals surface area contributed by atoms with Crippen molar-refractivity contribution in [2.45, 2.75) is 6.42 Å². The zero-order valence-electron chi connectivity index (χ0n) is 8.64. The highest BCUT2D eigenvalue weighted by Gasteiger charge is 2.11. The maximum Gasteiger partial charge on any atom is 0.337 e. The van der Waals surface area contributed by atoms with E-state index < -0.39 is 10.9 Å². The average Bonchev–Trinajstić information content (AvgIpc) is 2.25. The van der Waals surface area contributed by atoms with Gasteiger partial charge >= 0.3 is 5.97 Å². The Kier molecular flexibility index (Phi) is 3.76. The molecular weight excluding hydrogens is 214 g/mol. The van der Waals surface area contributed by atoms with Gasteiger partial charge in [0.1, 0.15) is 5.82 Å². The van der Waals surface area contributed by atoms with Crippen LogP contribution in [0.25, 0.3) is 0 Å². The summed E-state index contributed by atoms with van der Waals surface area (Å²) in [5, 5.41) is 21.8. The molecule has 0 aliphatic heterocycles. The summed E-state index contributed by atoms with van der Waals surface area (Å²) < 4.78 is 0. The van der Waals surface area contributed by atoms with Crippen molar-refractivity contribution in [2.24, 2.45) is 0 Å². The van der Waals surface area contributed by atoms with Crippen LogP contribution in [0.3, 0.4) is 0 Å². The number of carboxylic acids is 1. The van der Waals surface area contributed by atoms with Gasteiger partial charge in [0.2, 0.25) is 6.54 Å². The lowest BCUT2D eigenvalue weighted by molar-refractivity contribution is -0.479. The monoisotopic (exact) mass is 225 g/mol. The second-order valence-corrected chi connectivity index (χ2v) is 3.09. The van der Waals surface area contributed by atoms with E-state index in [-0.39, 0.29) is 18.5 Å². The Labute approximate surface area is 91.3 Å². The van der Waals surface area contributed by atoms with Gasteiger partial charge in [-0.05, 0) is 6.07 Å². The van der Waals surface area contributed by atoms with E-state index in [2.05, 4.69) is 10.3 Å². The first kappa shape index (κ1) is 11.9. The van der Waals surface area contributed by atoms with Crippen molar-refractivity contribution in [1.29, 1.82) is 0 Å². The molecule has 2 N–H and O–H groups in total. The van der Waals surface area contributed by atoms with Gasteiger partial charge in [-0.2, -0.15) is 0 Å². The van der Waals surface area contributed by atoms with Crippen LogP contribution < -0.4 is 5.32 Å². The summed E-state index contributed by atoms with van der Waals surface area (Å²) in [7, 11) is 1.62. The molecule has 0 aliphatic carbocycles. The van der Waals surface area contributed by atoms with Crippen molar-refractivity contribution < 1.29 is 14.8 Å². The first-order valence-electron chi connectivity index (χ1n) is 4.56. The van der Waals surface area contributed by atoms with Crippen LogP contribution in [0.4, 0.5) is 5.82 Å². The number of nitrogens with one attached hydrogen (secondary N) is 1. The third-order valence-electron chi connectivity index (χ3n) is 2.01. The van der Waals surface area contributed by atoms with Crippen molar-refractivity contribution >= 4 is 11.8 Å². The van der Waals surface area contributed by atoms with Crippen LogP contribution in [0.1, 0.15) is 15.9 Å². The smallest absolute Gasteiger partial charge is 0.337 e. The number of carboxylic acid groups (broad SMARTS) is 1. The molecule has 1 rings (SSSR count). The minimum atomic E-state index is -1.10. The molecule has 0 radical (unpaired) electrons. The van der Waals surface area contributed by atoms with Crippen molar-refractivity contribution in [1.82, 2.24) is 4.98 Å². The molecular formula is C9H11N3O4. The van der Waals surface area contributed by atoms with E-state index in [9.17, 15) is 14.9 Å². The molecule has 0 aromatic carbocycles. The molecule has 86 valence electrons. The molecule has 16 heavy (non-hydrogen) atoms. The fourth-order valence-electron chi connectivity index (χ4n) is 1.25. The standard InChI is InChI=1S/C9H11N3O4/c1-10-8-6(2-3-12(15)16)4-7(5-11-8)9(13)14/h4-5H,2-3H2,1H3,(H,10,11)(H,13,14). The van der Waals surface area contributed by atoms with Crippen molar-refractivity contribution in [3.8, 4) is 0 Å². The van der Waals surface area contributed by atoms with Gasteiger partial charge in [0.05, 0.1) is 5.56 Å². The van der Waals surface area contributed by atoms with Crippen LogP contribution in [-0.2, 0) is 6.42 Å². The number of hydrogen-bond donors (Lipinski definition) is 2. The molecule has 0 atom stereocenters. The predicted octanol–water partition coefficient (Wildman–Crippen LogP) is 0.641. The number of carbonyl (C=O) groups is 1. The first-order valence-corrected chi connectivity index (χ1v) is 4.56. The second kappa shape index (κ2) is 5.06. The van der Waals surface area contributed by atoms with Gasteiger partial charge < -0.3 is 10.4 Å². The summed E-state index contributed by atoms with van der Waals surface area (Å²) in [5.74, 6) is -0.635. The van der Waals surface area contributed by atoms with Gasteiger partial charge in [-0.1, -0.05) is 0 Å². The van der Waals surface area contributed by atoms with Gasteiger partial charge in [-0.3, -0.25) is 10.1 Å². The van der Waals surface area contributed by atoms with Crippen LogP contribution in [-0.4, -0.2) is 34.6 Å². The van der Waals surface area contributed by atoms with Crippen LogP contribution in [0.2, 0.25) is 0 Å². The van der Waals surface area contributed by atoms with Crippen LogP contribution in [0.5, 0.6) is 0 Å². The quantitative estimate of drug-likeness (QED) is 0.562. The predicted molar refractivity (Wildman–Crippen MR) is 56.3 cm³/mol. The maximum atomic E-state index is 10.7. The Bertz CT molecular complexity index is 419. The third kappa shape index (κ3) is 2.91. The topological polar surface area (TPSA) is 105 Å². The fraction of sp³-hybridized carbons (Fsp3) is 0.333. The summed E-state index contributed by atoms with van der Waals surface area (Å²) in [6.45, 7) is -0.251. The van der Waals surface area contributed by atoms with E-state index in [0.717, 1.165) is 0 Å². The molecule has 0 amide bonds. The summed E-state index contributed by atoms with van der Waals surface area (Å²) in [5.41, 5.74) is 0.552. The normalized spacial score (nSPS) is 9.81. The molecule has 1 aromatic heterocycles. The molecule has 7 heteroatoms. The molecule has 1 heterocycles. The first-order chi connectivity index (χ1) is 7.54. The largest absolute Gasteiger partial charge is 0.478 e. The van der Waals surface area contributed by atoms with E-state index >= 15 is 0 Å². The number of nitrogens with zero attached hydrogens (tertiary/aromatic N) is 2. The second-order valence-electron chi connectivity index (χ2n) is 3.09. The van der Waals surface area contributed by atoms with Gasteiger partial charge in [0.25, 0.3) is 0 Å². The SMILES string of the molecule is CNc1ncc(C(=O)O)cc1CC[N+](=O)[O-]. The minimum absolute atomic E-state index is 0.0253. The maximum absolute atomic E-state index is 10.7. The molecule has 0 aliphatic rings. The van der Waals surface area contributed by atoms with Gasteiger partial charge in [-0.15, -0.1) is 0 Å². The van der Waals surface area contributed by atoms with E-state index in [1.807, 2.05) is 0 Å². The number of hydrogen-bond acceptors (Lipinski definition) is 5. The highest BCUT2D eigenvalue weighted by Crippen LogP contribution is 2.14. The molecule has 7 nitrogen and oxygen atoms in total. The Morgan fingerprint density at radius 3 is 2.88 bits per heavy atom. The van der Waals surface area contributed by atoms with Gasteiger partial charge in [-0.25, -0.2) is 9.78 Å². The van der Waals surface area contributed by atoms with E-state index in [4.69, 9.17) is 5.11 Å². The zero-order valence-corrected chi connectivity index (χ0v) is 8.64. The molecule has 0 unspecified atom stereocenters. The van der Waals surface area contributed by atoms with Crippen molar-refractivity contribution in [3.05, 3.63) is 33.5 Å². The number of aromatic carboxylic acids is 1. The lowest BCUT2D eigenvalue weighted by Crippen LogP contribution is -2.09. The Morgan fingerprint density at radius 1 is 1.69 bits per heavy atom. The molecule has 0 fully saturated rings. The van der Waals surface area contributed by atoms with Gasteiger partial charge in [0, 0.05) is 30.2 Å². The lowest BCUT2D eigenvalue weighted by Gasteiger charge is -2.06. The number of nitro groups is 1. The highest BCUT2D eigenvalue weighted by atomic mass is 16.6. The summed E-state index contributed by atoms with van der Waals surface area (Å²) >= 11 is 0. The average molecular weight is 225 g/mol. The van der Waals surface area contributed by atoms with E-state index in [1.165, 1.54) is 12.3 Å². The third-order valence-corrected chi connectivity index (χ3v) is 2.01. The Balaban J connectivity index is 2.97. The molecule has 0 spiro atoms. The molecule has 1 aromatic rings. The van der Waals surface area contributed by atoms with E-state index in [1.54, 1.807) is 7.05 Å². The Morgan fingerprint density at radius 2 is 2.38 bits per heavy atom. The number of rotatable bonds is 5.